The summed E-state index contributed by atoms with van der Waals surface area (Å²) in [4.78, 5) is 33.6. The lowest BCUT2D eigenvalue weighted by Crippen LogP contribution is -2.32. The molecule has 0 saturated carbocycles. The second-order valence-corrected chi connectivity index (χ2v) is 7.48. The summed E-state index contributed by atoms with van der Waals surface area (Å²) in [5, 5.41) is 2.91. The third-order valence-corrected chi connectivity index (χ3v) is 5.24. The number of nitrogens with one attached hydrogen (secondary N) is 2. The van der Waals surface area contributed by atoms with Gasteiger partial charge in [-0.1, -0.05) is 6.92 Å². The minimum atomic E-state index is -0.159. The maximum Gasteiger partial charge on any atom is 0.254 e. The zero-order valence-corrected chi connectivity index (χ0v) is 16.3. The molecule has 0 radical (unpaired) electrons. The molecular weight excluding hydrogens is 340 g/mol. The molecule has 2 N–H and O–H groups in total. The quantitative estimate of drug-likeness (QED) is 0.850. The van der Waals surface area contributed by atoms with E-state index in [4.69, 9.17) is 0 Å². The summed E-state index contributed by atoms with van der Waals surface area (Å²) in [5.41, 5.74) is 3.08. The van der Waals surface area contributed by atoms with Crippen molar-refractivity contribution >= 4 is 17.3 Å². The summed E-state index contributed by atoms with van der Waals surface area (Å²) in [5.74, 6) is 1.29. The molecule has 6 nitrogen and oxygen atoms in total. The molecule has 0 spiro atoms. The van der Waals surface area contributed by atoms with Gasteiger partial charge in [-0.2, -0.15) is 0 Å². The number of carbonyl (C=O) groups excluding carboxylic acids is 1. The highest BCUT2D eigenvalue weighted by Crippen LogP contribution is 2.24. The van der Waals surface area contributed by atoms with Crippen LogP contribution in [0.5, 0.6) is 0 Å². The second-order valence-electron chi connectivity index (χ2n) is 7.48. The van der Waals surface area contributed by atoms with Crippen molar-refractivity contribution in [2.45, 2.75) is 46.5 Å². The number of aromatic nitrogens is 2. The Kier molecular flexibility index (Phi) is 5.94. The predicted molar refractivity (Wildman–Crippen MR) is 108 cm³/mol. The molecule has 1 saturated heterocycles. The smallest absolute Gasteiger partial charge is 0.254 e. The molecule has 0 unspecified atom stereocenters. The predicted octanol–water partition coefficient (Wildman–Crippen LogP) is 3.19. The molecular formula is C21H28N4O2. The maximum atomic E-state index is 12.2. The average Bonchev–Trinajstić information content (AvgIpc) is 2.62. The first-order valence-electron chi connectivity index (χ1n) is 9.63. The number of hydrogen-bond donors (Lipinski definition) is 2. The van der Waals surface area contributed by atoms with Crippen molar-refractivity contribution in [1.82, 2.24) is 9.97 Å². The number of rotatable bonds is 5. The van der Waals surface area contributed by atoms with Gasteiger partial charge >= 0.3 is 0 Å². The summed E-state index contributed by atoms with van der Waals surface area (Å²) in [6.45, 7) is 8.03. The molecule has 1 aliphatic heterocycles. The number of hydrogen-bond acceptors (Lipinski definition) is 4. The number of aromatic amines is 1. The van der Waals surface area contributed by atoms with Crippen LogP contribution in [0.15, 0.2) is 29.1 Å². The van der Waals surface area contributed by atoms with Crippen LogP contribution in [0.4, 0.5) is 11.4 Å². The zero-order chi connectivity index (χ0) is 19.4. The van der Waals surface area contributed by atoms with Crippen molar-refractivity contribution in [2.75, 3.05) is 23.3 Å². The molecule has 2 heterocycles. The Morgan fingerprint density at radius 2 is 1.89 bits per heavy atom. The molecule has 1 amide bonds. The van der Waals surface area contributed by atoms with E-state index in [1.807, 2.05) is 12.1 Å². The normalized spacial score (nSPS) is 15.0. The number of anilines is 2. The molecule has 144 valence electrons. The standard InChI is InChI=1S/C21H28N4O2/c1-14-10-12-25(13-11-14)18-6-4-17(5-7-18)24-20(26)9-8-19-15(2)22-16(3)23-21(19)27/h4-7,14H,8-13H2,1-3H3,(H,24,26)(H,22,23,27). The minimum Gasteiger partial charge on any atom is -0.372 e. The number of amides is 1. The maximum absolute atomic E-state index is 12.2. The fraction of sp³-hybridized carbons (Fsp3) is 0.476. The van der Waals surface area contributed by atoms with E-state index in [0.717, 1.165) is 24.7 Å². The Morgan fingerprint density at radius 3 is 2.52 bits per heavy atom. The first kappa shape index (κ1) is 19.1. The third kappa shape index (κ3) is 4.96. The molecule has 3 rings (SSSR count). The van der Waals surface area contributed by atoms with Crippen LogP contribution >= 0.6 is 0 Å². The van der Waals surface area contributed by atoms with Gasteiger partial charge < -0.3 is 15.2 Å². The summed E-state index contributed by atoms with van der Waals surface area (Å²) in [6.07, 6.45) is 3.08. The van der Waals surface area contributed by atoms with Crippen LogP contribution in [-0.2, 0) is 11.2 Å². The molecule has 1 aliphatic rings. The highest BCUT2D eigenvalue weighted by molar-refractivity contribution is 5.91. The molecule has 1 aromatic carbocycles. The van der Waals surface area contributed by atoms with Crippen LogP contribution in [-0.4, -0.2) is 29.0 Å². The van der Waals surface area contributed by atoms with Gasteiger partial charge in [-0.15, -0.1) is 0 Å². The fourth-order valence-corrected chi connectivity index (χ4v) is 3.53. The molecule has 1 aromatic heterocycles. The van der Waals surface area contributed by atoms with Crippen LogP contribution in [0.2, 0.25) is 0 Å². The Hall–Kier alpha value is -2.63. The second kappa shape index (κ2) is 8.37. The van der Waals surface area contributed by atoms with E-state index >= 15 is 0 Å². The van der Waals surface area contributed by atoms with E-state index in [0.29, 0.717) is 23.5 Å². The van der Waals surface area contributed by atoms with E-state index in [2.05, 4.69) is 39.2 Å². The van der Waals surface area contributed by atoms with Gasteiger partial charge in [-0.3, -0.25) is 9.59 Å². The Balaban J connectivity index is 1.54. The Morgan fingerprint density at radius 1 is 1.22 bits per heavy atom. The van der Waals surface area contributed by atoms with Crippen molar-refractivity contribution < 1.29 is 4.79 Å². The number of carbonyl (C=O) groups is 1. The van der Waals surface area contributed by atoms with Gasteiger partial charge in [0.05, 0.1) is 0 Å². The van der Waals surface area contributed by atoms with Gasteiger partial charge in [0, 0.05) is 42.1 Å². The molecule has 1 fully saturated rings. The van der Waals surface area contributed by atoms with Crippen molar-refractivity contribution in [3.8, 4) is 0 Å². The summed E-state index contributed by atoms with van der Waals surface area (Å²) >= 11 is 0. The van der Waals surface area contributed by atoms with Crippen LogP contribution < -0.4 is 15.8 Å². The largest absolute Gasteiger partial charge is 0.372 e. The molecule has 27 heavy (non-hydrogen) atoms. The molecule has 2 aromatic rings. The number of piperidine rings is 1. The zero-order valence-electron chi connectivity index (χ0n) is 16.3. The van der Waals surface area contributed by atoms with E-state index < -0.39 is 0 Å². The minimum absolute atomic E-state index is 0.103. The van der Waals surface area contributed by atoms with Crippen molar-refractivity contribution in [3.05, 3.63) is 51.7 Å². The monoisotopic (exact) mass is 368 g/mol. The number of H-pyrrole nitrogens is 1. The molecule has 6 heteroatoms. The Bertz CT molecular complexity index is 849. The van der Waals surface area contributed by atoms with Gasteiger partial charge in [-0.05, 0) is 63.3 Å². The van der Waals surface area contributed by atoms with Gasteiger partial charge in [0.25, 0.3) is 5.56 Å². The fourth-order valence-electron chi connectivity index (χ4n) is 3.53. The topological polar surface area (TPSA) is 78.1 Å². The van der Waals surface area contributed by atoms with Crippen LogP contribution in [0.1, 0.15) is 43.3 Å². The van der Waals surface area contributed by atoms with Gasteiger partial charge in [0.2, 0.25) is 5.91 Å². The average molecular weight is 368 g/mol. The summed E-state index contributed by atoms with van der Waals surface area (Å²) < 4.78 is 0. The van der Waals surface area contributed by atoms with Crippen LogP contribution in [0, 0.1) is 19.8 Å². The van der Waals surface area contributed by atoms with Gasteiger partial charge in [-0.25, -0.2) is 4.98 Å². The van der Waals surface area contributed by atoms with E-state index in [1.165, 1.54) is 18.5 Å². The molecule has 0 atom stereocenters. The van der Waals surface area contributed by atoms with E-state index in [9.17, 15) is 9.59 Å². The lowest BCUT2D eigenvalue weighted by molar-refractivity contribution is -0.116. The van der Waals surface area contributed by atoms with Crippen molar-refractivity contribution in [2.24, 2.45) is 5.92 Å². The van der Waals surface area contributed by atoms with Crippen LogP contribution in [0.25, 0.3) is 0 Å². The first-order chi connectivity index (χ1) is 12.9. The van der Waals surface area contributed by atoms with Crippen LogP contribution in [0.3, 0.4) is 0 Å². The summed E-state index contributed by atoms with van der Waals surface area (Å²) in [7, 11) is 0. The lowest BCUT2D eigenvalue weighted by Gasteiger charge is -2.32. The molecule has 0 bridgehead atoms. The van der Waals surface area contributed by atoms with E-state index in [1.54, 1.807) is 13.8 Å². The highest BCUT2D eigenvalue weighted by atomic mass is 16.1. The van der Waals surface area contributed by atoms with Crippen molar-refractivity contribution in [3.63, 3.8) is 0 Å². The molecule has 0 aliphatic carbocycles. The van der Waals surface area contributed by atoms with E-state index in [-0.39, 0.29) is 17.9 Å². The highest BCUT2D eigenvalue weighted by Gasteiger charge is 2.16. The lowest BCUT2D eigenvalue weighted by atomic mass is 9.99. The van der Waals surface area contributed by atoms with Crippen molar-refractivity contribution in [1.29, 1.82) is 0 Å². The third-order valence-electron chi connectivity index (χ3n) is 5.24. The Labute approximate surface area is 160 Å². The summed E-state index contributed by atoms with van der Waals surface area (Å²) in [6, 6.07) is 8.00. The number of aryl methyl sites for hydroxylation is 2. The van der Waals surface area contributed by atoms with Gasteiger partial charge in [0.1, 0.15) is 5.82 Å². The number of benzene rings is 1. The first-order valence-corrected chi connectivity index (χ1v) is 9.63. The number of nitrogens with zero attached hydrogens (tertiary/aromatic N) is 2. The SMILES string of the molecule is Cc1nc(C)c(CCC(=O)Nc2ccc(N3CCC(C)CC3)cc2)c(=O)[nH]1. The van der Waals surface area contributed by atoms with Gasteiger partial charge in [0.15, 0.2) is 0 Å².